The minimum atomic E-state index is -3.48. The average Bonchev–Trinajstić information content (AvgIpc) is 2.76. The Labute approximate surface area is 200 Å². The highest BCUT2D eigenvalue weighted by atomic mass is 32.2. The number of sulfonamides is 2. The van der Waals surface area contributed by atoms with E-state index in [1.165, 1.54) is 0 Å². The second kappa shape index (κ2) is 13.0. The van der Waals surface area contributed by atoms with Crippen molar-refractivity contribution in [2.75, 3.05) is 41.1 Å². The Bertz CT molecular complexity index is 1160. The van der Waals surface area contributed by atoms with E-state index >= 15 is 0 Å². The van der Waals surface area contributed by atoms with Crippen LogP contribution in [0.25, 0.3) is 10.4 Å². The van der Waals surface area contributed by atoms with Crippen LogP contribution >= 0.6 is 0 Å². The van der Waals surface area contributed by atoms with E-state index in [0.717, 1.165) is 24.8 Å². The smallest absolute Gasteiger partial charge is 0.232 e. The van der Waals surface area contributed by atoms with Crippen LogP contribution in [0.4, 0.5) is 11.4 Å². The van der Waals surface area contributed by atoms with Crippen molar-refractivity contribution in [3.8, 4) is 5.75 Å². The number of ether oxygens (including phenoxy) is 1. The molecule has 0 aliphatic carbocycles. The standard InChI is InChI=1S/C21H30N6O5S2/c1-17(32-21-10-8-19(9-11-21)25-33(2,28)29)16-23-14-12-18-4-6-20(7-5-18)26-34(30,31)15-3-13-24-27-22/h4-11,17,23,25-26H,3,12-16H2,1-2H3. The summed E-state index contributed by atoms with van der Waals surface area (Å²) in [7, 11) is -6.80. The molecule has 186 valence electrons. The first-order chi connectivity index (χ1) is 16.1. The Hall–Kier alpha value is -2.99. The molecule has 0 heterocycles. The molecule has 0 aliphatic heterocycles. The molecule has 34 heavy (non-hydrogen) atoms. The molecule has 1 unspecified atom stereocenters. The molecule has 3 N–H and O–H groups in total. The predicted octanol–water partition coefficient (Wildman–Crippen LogP) is 3.10. The van der Waals surface area contributed by atoms with Gasteiger partial charge in [-0.25, -0.2) is 16.8 Å². The molecular weight excluding hydrogens is 480 g/mol. The van der Waals surface area contributed by atoms with Gasteiger partial charge in [-0.2, -0.15) is 0 Å². The van der Waals surface area contributed by atoms with Crippen molar-refractivity contribution >= 4 is 31.4 Å². The molecule has 0 aromatic heterocycles. The number of nitrogens with zero attached hydrogens (tertiary/aromatic N) is 3. The van der Waals surface area contributed by atoms with E-state index in [0.29, 0.717) is 23.7 Å². The first-order valence-electron chi connectivity index (χ1n) is 10.6. The third-order valence-electron chi connectivity index (χ3n) is 4.48. The third-order valence-corrected chi connectivity index (χ3v) is 6.46. The van der Waals surface area contributed by atoms with Crippen molar-refractivity contribution in [2.24, 2.45) is 5.11 Å². The summed E-state index contributed by atoms with van der Waals surface area (Å²) in [5.41, 5.74) is 10.2. The highest BCUT2D eigenvalue weighted by Crippen LogP contribution is 2.17. The minimum absolute atomic E-state index is 0.0932. The van der Waals surface area contributed by atoms with Gasteiger partial charge in [-0.15, -0.1) is 0 Å². The van der Waals surface area contributed by atoms with E-state index in [1.54, 1.807) is 36.4 Å². The van der Waals surface area contributed by atoms with Crippen molar-refractivity contribution in [1.29, 1.82) is 0 Å². The summed E-state index contributed by atoms with van der Waals surface area (Å²) in [6.07, 6.45) is 2.03. The fourth-order valence-corrected chi connectivity index (χ4v) is 4.64. The molecule has 0 bridgehead atoms. The van der Waals surface area contributed by atoms with Crippen LogP contribution in [0, 0.1) is 0 Å². The van der Waals surface area contributed by atoms with Crippen LogP contribution in [0.2, 0.25) is 0 Å². The maximum absolute atomic E-state index is 12.0. The first-order valence-corrected chi connectivity index (χ1v) is 14.2. The van der Waals surface area contributed by atoms with Crippen LogP contribution in [-0.4, -0.2) is 54.6 Å². The Morgan fingerprint density at radius 3 is 2.24 bits per heavy atom. The van der Waals surface area contributed by atoms with Crippen LogP contribution in [0.15, 0.2) is 53.6 Å². The molecule has 1 atom stereocenters. The van der Waals surface area contributed by atoms with Gasteiger partial charge in [0.05, 0.1) is 12.0 Å². The molecule has 0 saturated heterocycles. The minimum Gasteiger partial charge on any atom is -0.489 e. The Balaban J connectivity index is 1.70. The Kier molecular flexibility index (Phi) is 10.5. The average molecular weight is 511 g/mol. The van der Waals surface area contributed by atoms with E-state index in [2.05, 4.69) is 24.8 Å². The molecular formula is C21H30N6O5S2. The van der Waals surface area contributed by atoms with Crippen LogP contribution in [0.1, 0.15) is 18.9 Å². The number of nitrogens with one attached hydrogen (secondary N) is 3. The van der Waals surface area contributed by atoms with Crippen molar-refractivity contribution < 1.29 is 21.6 Å². The Morgan fingerprint density at radius 2 is 1.62 bits per heavy atom. The lowest BCUT2D eigenvalue weighted by atomic mass is 10.1. The maximum Gasteiger partial charge on any atom is 0.232 e. The number of azide groups is 1. The van der Waals surface area contributed by atoms with Gasteiger partial charge in [0, 0.05) is 29.4 Å². The monoisotopic (exact) mass is 510 g/mol. The first kappa shape index (κ1) is 27.3. The zero-order valence-corrected chi connectivity index (χ0v) is 20.8. The van der Waals surface area contributed by atoms with Gasteiger partial charge in [0.1, 0.15) is 11.9 Å². The summed E-state index contributed by atoms with van der Waals surface area (Å²) in [5.74, 6) is 0.531. The van der Waals surface area contributed by atoms with Crippen LogP contribution < -0.4 is 19.5 Å². The van der Waals surface area contributed by atoms with Crippen LogP contribution in [0.5, 0.6) is 5.75 Å². The second-order valence-corrected chi connectivity index (χ2v) is 11.3. The third kappa shape index (κ3) is 11.2. The lowest BCUT2D eigenvalue weighted by molar-refractivity contribution is 0.217. The Morgan fingerprint density at radius 1 is 1.00 bits per heavy atom. The zero-order valence-electron chi connectivity index (χ0n) is 19.1. The molecule has 2 aromatic rings. The normalized spacial score (nSPS) is 12.4. The van der Waals surface area contributed by atoms with Gasteiger partial charge in [-0.05, 0) is 73.8 Å². The van der Waals surface area contributed by atoms with E-state index in [1.807, 2.05) is 19.1 Å². The van der Waals surface area contributed by atoms with Crippen LogP contribution in [-0.2, 0) is 26.5 Å². The molecule has 2 aromatic carbocycles. The van der Waals surface area contributed by atoms with Gasteiger partial charge in [-0.1, -0.05) is 17.2 Å². The van der Waals surface area contributed by atoms with Crippen molar-refractivity contribution in [3.63, 3.8) is 0 Å². The number of hydrogen-bond donors (Lipinski definition) is 3. The number of benzene rings is 2. The van der Waals surface area contributed by atoms with Gasteiger partial charge in [0.25, 0.3) is 0 Å². The summed E-state index contributed by atoms with van der Waals surface area (Å²) in [6.45, 7) is 3.41. The zero-order chi connectivity index (χ0) is 25.0. The largest absolute Gasteiger partial charge is 0.489 e. The molecule has 11 nitrogen and oxygen atoms in total. The fraction of sp³-hybridized carbons (Fsp3) is 0.429. The molecule has 0 fully saturated rings. The molecule has 0 radical (unpaired) electrons. The van der Waals surface area contributed by atoms with Gasteiger partial charge in [-0.3, -0.25) is 9.44 Å². The number of anilines is 2. The van der Waals surface area contributed by atoms with Crippen molar-refractivity contribution in [3.05, 3.63) is 64.5 Å². The van der Waals surface area contributed by atoms with E-state index in [9.17, 15) is 16.8 Å². The van der Waals surface area contributed by atoms with Crippen LogP contribution in [0.3, 0.4) is 0 Å². The van der Waals surface area contributed by atoms with Gasteiger partial charge < -0.3 is 10.1 Å². The van der Waals surface area contributed by atoms with E-state index < -0.39 is 20.0 Å². The second-order valence-electron chi connectivity index (χ2n) is 7.71. The van der Waals surface area contributed by atoms with Gasteiger partial charge >= 0.3 is 0 Å². The number of rotatable bonds is 15. The molecule has 0 aliphatic rings. The fourth-order valence-electron chi connectivity index (χ4n) is 2.97. The highest BCUT2D eigenvalue weighted by Gasteiger charge is 2.10. The molecule has 0 spiro atoms. The maximum atomic E-state index is 12.0. The summed E-state index contributed by atoms with van der Waals surface area (Å²) in [5, 5.41) is 6.65. The van der Waals surface area contributed by atoms with E-state index in [-0.39, 0.29) is 24.8 Å². The summed E-state index contributed by atoms with van der Waals surface area (Å²) in [6, 6.07) is 13.9. The van der Waals surface area contributed by atoms with Crippen molar-refractivity contribution in [1.82, 2.24) is 5.32 Å². The van der Waals surface area contributed by atoms with Gasteiger partial charge in [0.2, 0.25) is 20.0 Å². The van der Waals surface area contributed by atoms with E-state index in [4.69, 9.17) is 10.3 Å². The topological polar surface area (TPSA) is 162 Å². The lowest BCUT2D eigenvalue weighted by Gasteiger charge is -2.16. The quantitative estimate of drug-likeness (QED) is 0.144. The molecule has 0 amide bonds. The number of hydrogen-bond acceptors (Lipinski definition) is 7. The summed E-state index contributed by atoms with van der Waals surface area (Å²) in [4.78, 5) is 2.60. The summed E-state index contributed by atoms with van der Waals surface area (Å²) >= 11 is 0. The lowest BCUT2D eigenvalue weighted by Crippen LogP contribution is -2.30. The summed E-state index contributed by atoms with van der Waals surface area (Å²) < 4.78 is 57.3. The SMILES string of the molecule is CC(CNCCc1ccc(NS(=O)(=O)CCCN=[N+]=[N-])cc1)Oc1ccc(NS(C)(=O)=O)cc1. The predicted molar refractivity (Wildman–Crippen MR) is 134 cm³/mol. The molecule has 2 rings (SSSR count). The molecule has 13 heteroatoms. The molecule has 0 saturated carbocycles. The van der Waals surface area contributed by atoms with Gasteiger partial charge in [0.15, 0.2) is 0 Å². The van der Waals surface area contributed by atoms with Crippen molar-refractivity contribution in [2.45, 2.75) is 25.9 Å². The highest BCUT2D eigenvalue weighted by molar-refractivity contribution is 7.92.